The molecule has 0 amide bonds. The van der Waals surface area contributed by atoms with Crippen LogP contribution in [0.25, 0.3) is 0 Å². The number of hydrogen-bond acceptors (Lipinski definition) is 2. The van der Waals surface area contributed by atoms with Crippen LogP contribution in [0, 0.1) is 0 Å². The van der Waals surface area contributed by atoms with Gasteiger partial charge in [-0.05, 0) is 25.5 Å². The van der Waals surface area contributed by atoms with Crippen molar-refractivity contribution in [2.45, 2.75) is 19.4 Å². The van der Waals surface area contributed by atoms with Crippen LogP contribution in [0.15, 0.2) is 35.0 Å². The third kappa shape index (κ3) is 3.11. The second-order valence-electron chi connectivity index (χ2n) is 2.78. The van der Waals surface area contributed by atoms with Gasteiger partial charge in [0, 0.05) is 0 Å². The quantitative estimate of drug-likeness (QED) is 0.739. The van der Waals surface area contributed by atoms with Gasteiger partial charge in [0.25, 0.3) is 0 Å². The van der Waals surface area contributed by atoms with Gasteiger partial charge < -0.3 is 10.2 Å². The highest BCUT2D eigenvalue weighted by atomic mass is 35.5. The topological polar surface area (TPSA) is 39.2 Å². The van der Waals surface area contributed by atoms with Crippen molar-refractivity contribution in [3.8, 4) is 0 Å². The maximum Gasteiger partial charge on any atom is 0.120 e. The molecule has 0 unspecified atom stereocenters. The fourth-order valence-corrected chi connectivity index (χ4v) is 0.978. The van der Waals surface area contributed by atoms with Crippen molar-refractivity contribution in [2.75, 3.05) is 0 Å². The van der Waals surface area contributed by atoms with Crippen LogP contribution in [0.3, 0.4) is 0 Å². The van der Waals surface area contributed by atoms with E-state index in [1.165, 1.54) is 0 Å². The van der Waals surface area contributed by atoms with Gasteiger partial charge in [-0.25, -0.2) is 0 Å². The molecule has 0 saturated carbocycles. The molecular weight excluding hydrogens is 174 g/mol. The summed E-state index contributed by atoms with van der Waals surface area (Å²) in [7, 11) is 0. The van der Waals surface area contributed by atoms with Crippen molar-refractivity contribution >= 4 is 12.4 Å². The number of hydrogen-bond donors (Lipinski definition) is 1. The van der Waals surface area contributed by atoms with E-state index in [1.54, 1.807) is 6.26 Å². The van der Waals surface area contributed by atoms with Gasteiger partial charge in [-0.15, -0.1) is 19.0 Å². The van der Waals surface area contributed by atoms with Gasteiger partial charge in [-0.3, -0.25) is 0 Å². The Morgan fingerprint density at radius 3 is 2.83 bits per heavy atom. The molecule has 1 aromatic heterocycles. The van der Waals surface area contributed by atoms with E-state index in [0.717, 1.165) is 17.8 Å². The predicted molar refractivity (Wildman–Crippen MR) is 52.3 cm³/mol. The molecule has 12 heavy (non-hydrogen) atoms. The van der Waals surface area contributed by atoms with E-state index < -0.39 is 0 Å². The lowest BCUT2D eigenvalue weighted by Crippen LogP contribution is -2.08. The fourth-order valence-electron chi connectivity index (χ4n) is 0.978. The van der Waals surface area contributed by atoms with Gasteiger partial charge in [-0.1, -0.05) is 5.57 Å². The molecule has 0 aliphatic carbocycles. The van der Waals surface area contributed by atoms with E-state index in [1.807, 2.05) is 19.1 Å². The number of rotatable bonds is 3. The molecule has 0 aliphatic rings. The summed E-state index contributed by atoms with van der Waals surface area (Å²) in [5, 5.41) is 0. The van der Waals surface area contributed by atoms with E-state index in [2.05, 4.69) is 6.58 Å². The lowest BCUT2D eigenvalue weighted by Gasteiger charge is -2.06. The molecule has 1 aromatic rings. The van der Waals surface area contributed by atoms with E-state index in [9.17, 15) is 0 Å². The Hall–Kier alpha value is -0.730. The van der Waals surface area contributed by atoms with Crippen LogP contribution in [-0.2, 0) is 0 Å². The number of nitrogens with two attached hydrogens (primary N) is 1. The van der Waals surface area contributed by atoms with Crippen molar-refractivity contribution in [3.05, 3.63) is 36.3 Å². The predicted octanol–water partition coefficient (Wildman–Crippen LogP) is 2.67. The summed E-state index contributed by atoms with van der Waals surface area (Å²) in [5.41, 5.74) is 6.86. The van der Waals surface area contributed by atoms with Crippen LogP contribution < -0.4 is 5.73 Å². The molecule has 0 fully saturated rings. The van der Waals surface area contributed by atoms with Crippen LogP contribution in [0.4, 0.5) is 0 Å². The average molecular weight is 188 g/mol. The first-order valence-electron chi connectivity index (χ1n) is 3.63. The molecule has 0 aromatic carbocycles. The maximum absolute atomic E-state index is 5.79. The lowest BCUT2D eigenvalue weighted by molar-refractivity contribution is 0.464. The summed E-state index contributed by atoms with van der Waals surface area (Å²) in [5.74, 6) is 0.827. The Balaban J connectivity index is 0.00000121. The summed E-state index contributed by atoms with van der Waals surface area (Å²) in [6.45, 7) is 5.74. The molecule has 3 heteroatoms. The minimum Gasteiger partial charge on any atom is -0.468 e. The largest absolute Gasteiger partial charge is 0.468 e. The Morgan fingerprint density at radius 1 is 1.75 bits per heavy atom. The normalized spacial score (nSPS) is 11.8. The molecular formula is C9H14ClNO. The van der Waals surface area contributed by atoms with Crippen LogP contribution in [0.5, 0.6) is 0 Å². The molecule has 1 heterocycles. The van der Waals surface area contributed by atoms with Crippen molar-refractivity contribution < 1.29 is 4.42 Å². The molecule has 0 saturated heterocycles. The number of halogens is 1. The Labute approximate surface area is 78.9 Å². The van der Waals surface area contributed by atoms with Crippen LogP contribution in [0.2, 0.25) is 0 Å². The second-order valence-corrected chi connectivity index (χ2v) is 2.78. The molecule has 1 atom stereocenters. The Bertz CT molecular complexity index is 231. The molecule has 0 aliphatic heterocycles. The first-order valence-corrected chi connectivity index (χ1v) is 3.63. The van der Waals surface area contributed by atoms with Gasteiger partial charge in [-0.2, -0.15) is 0 Å². The van der Waals surface area contributed by atoms with Gasteiger partial charge in [0.1, 0.15) is 5.76 Å². The fraction of sp³-hybridized carbons (Fsp3) is 0.333. The first-order chi connectivity index (χ1) is 5.20. The third-order valence-corrected chi connectivity index (χ3v) is 1.48. The smallest absolute Gasteiger partial charge is 0.120 e. The standard InChI is InChI=1S/C9H13NO.ClH/c1-7(2)6-8(10)9-4-3-5-11-9;/h3-5,8H,1,6,10H2,2H3;1H/t8-;/m1./s1. The van der Waals surface area contributed by atoms with Crippen LogP contribution >= 0.6 is 12.4 Å². The summed E-state index contributed by atoms with van der Waals surface area (Å²) < 4.78 is 5.13. The third-order valence-electron chi connectivity index (χ3n) is 1.48. The highest BCUT2D eigenvalue weighted by Gasteiger charge is 2.07. The van der Waals surface area contributed by atoms with Crippen LogP contribution in [-0.4, -0.2) is 0 Å². The molecule has 0 spiro atoms. The molecule has 68 valence electrons. The SMILES string of the molecule is C=C(C)C[C@@H](N)c1ccco1.Cl. The summed E-state index contributed by atoms with van der Waals surface area (Å²) >= 11 is 0. The molecule has 0 radical (unpaired) electrons. The summed E-state index contributed by atoms with van der Waals surface area (Å²) in [6.07, 6.45) is 2.42. The maximum atomic E-state index is 5.79. The average Bonchev–Trinajstić information content (AvgIpc) is 2.35. The van der Waals surface area contributed by atoms with Gasteiger partial charge in [0.2, 0.25) is 0 Å². The van der Waals surface area contributed by atoms with Crippen molar-refractivity contribution in [3.63, 3.8) is 0 Å². The Kier molecular flexibility index (Phi) is 4.71. The lowest BCUT2D eigenvalue weighted by atomic mass is 10.1. The highest BCUT2D eigenvalue weighted by Crippen LogP contribution is 2.17. The number of furan rings is 1. The zero-order valence-corrected chi connectivity index (χ0v) is 7.93. The zero-order chi connectivity index (χ0) is 8.27. The minimum absolute atomic E-state index is 0. The van der Waals surface area contributed by atoms with Crippen molar-refractivity contribution in [1.29, 1.82) is 0 Å². The van der Waals surface area contributed by atoms with E-state index in [-0.39, 0.29) is 18.4 Å². The molecule has 2 nitrogen and oxygen atoms in total. The van der Waals surface area contributed by atoms with E-state index in [0.29, 0.717) is 0 Å². The zero-order valence-electron chi connectivity index (χ0n) is 7.12. The second kappa shape index (κ2) is 5.01. The van der Waals surface area contributed by atoms with Crippen LogP contribution in [0.1, 0.15) is 25.1 Å². The highest BCUT2D eigenvalue weighted by molar-refractivity contribution is 5.85. The molecule has 2 N–H and O–H groups in total. The Morgan fingerprint density at radius 2 is 2.42 bits per heavy atom. The minimum atomic E-state index is -0.0394. The molecule has 1 rings (SSSR count). The van der Waals surface area contributed by atoms with E-state index >= 15 is 0 Å². The summed E-state index contributed by atoms with van der Waals surface area (Å²) in [4.78, 5) is 0. The van der Waals surface area contributed by atoms with Gasteiger partial charge in [0.05, 0.1) is 12.3 Å². The monoisotopic (exact) mass is 187 g/mol. The van der Waals surface area contributed by atoms with Crippen molar-refractivity contribution in [2.24, 2.45) is 5.73 Å². The van der Waals surface area contributed by atoms with Gasteiger partial charge >= 0.3 is 0 Å². The summed E-state index contributed by atoms with van der Waals surface area (Å²) in [6, 6.07) is 3.68. The van der Waals surface area contributed by atoms with Crippen molar-refractivity contribution in [1.82, 2.24) is 0 Å². The first kappa shape index (κ1) is 11.3. The van der Waals surface area contributed by atoms with Gasteiger partial charge in [0.15, 0.2) is 0 Å². The van der Waals surface area contributed by atoms with E-state index in [4.69, 9.17) is 10.2 Å². The molecule has 0 bridgehead atoms.